The number of nitro benzene ring substituents is 1. The fraction of sp³-hybridized carbons (Fsp3) is 0.0952. The molecular formula is C21H18ClN3O6S. The molecule has 0 aromatic heterocycles. The molecule has 3 aromatic carbocycles. The number of rotatable bonds is 7. The van der Waals surface area contributed by atoms with Gasteiger partial charge in [-0.3, -0.25) is 19.6 Å². The van der Waals surface area contributed by atoms with Gasteiger partial charge in [0.25, 0.3) is 21.6 Å². The molecule has 3 aromatic rings. The lowest BCUT2D eigenvalue weighted by molar-refractivity contribution is -0.384. The summed E-state index contributed by atoms with van der Waals surface area (Å²) < 4.78 is 33.3. The van der Waals surface area contributed by atoms with E-state index in [4.69, 9.17) is 16.3 Å². The van der Waals surface area contributed by atoms with Crippen molar-refractivity contribution in [2.75, 3.05) is 17.1 Å². The molecule has 3 rings (SSSR count). The summed E-state index contributed by atoms with van der Waals surface area (Å²) in [5.74, 6) is -0.136. The highest BCUT2D eigenvalue weighted by atomic mass is 35.5. The third-order valence-electron chi connectivity index (χ3n) is 4.48. The van der Waals surface area contributed by atoms with Crippen molar-refractivity contribution in [1.29, 1.82) is 0 Å². The number of hydrogen-bond donors (Lipinski definition) is 2. The Morgan fingerprint density at radius 2 is 1.69 bits per heavy atom. The maximum absolute atomic E-state index is 12.9. The number of ether oxygens (including phenoxy) is 1. The minimum Gasteiger partial charge on any atom is -0.497 e. The van der Waals surface area contributed by atoms with Crippen LogP contribution in [0, 0.1) is 17.0 Å². The largest absolute Gasteiger partial charge is 0.497 e. The zero-order valence-corrected chi connectivity index (χ0v) is 18.5. The van der Waals surface area contributed by atoms with E-state index in [0.717, 1.165) is 6.07 Å². The van der Waals surface area contributed by atoms with Gasteiger partial charge in [0.05, 0.1) is 27.5 Å². The van der Waals surface area contributed by atoms with Crippen molar-refractivity contribution in [3.8, 4) is 5.75 Å². The van der Waals surface area contributed by atoms with Crippen LogP contribution in [-0.4, -0.2) is 26.4 Å². The third kappa shape index (κ3) is 5.16. The molecule has 1 amide bonds. The van der Waals surface area contributed by atoms with Crippen LogP contribution in [-0.2, 0) is 10.0 Å². The summed E-state index contributed by atoms with van der Waals surface area (Å²) >= 11 is 6.00. The van der Waals surface area contributed by atoms with Crippen LogP contribution in [0.4, 0.5) is 17.1 Å². The third-order valence-corrected chi connectivity index (χ3v) is 6.34. The Morgan fingerprint density at radius 3 is 2.31 bits per heavy atom. The second-order valence-corrected chi connectivity index (χ2v) is 8.75. The number of nitrogens with zero attached hydrogens (tertiary/aromatic N) is 1. The number of benzene rings is 3. The first-order chi connectivity index (χ1) is 15.1. The smallest absolute Gasteiger partial charge is 0.270 e. The van der Waals surface area contributed by atoms with Gasteiger partial charge in [-0.05, 0) is 55.0 Å². The number of sulfonamides is 1. The highest BCUT2D eigenvalue weighted by molar-refractivity contribution is 7.92. The van der Waals surface area contributed by atoms with Crippen LogP contribution < -0.4 is 14.8 Å². The van der Waals surface area contributed by atoms with Crippen molar-refractivity contribution in [2.24, 2.45) is 0 Å². The Kier molecular flexibility index (Phi) is 6.66. The molecule has 11 heteroatoms. The standard InChI is InChI=1S/C21H18ClN3O6S/c1-13-3-4-15(23-21(26)18-12-16(25(27)28)7-10-19(18)22)11-20(13)32(29,30)24-14-5-8-17(31-2)9-6-14/h3-12,24H,1-2H3,(H,23,26). The van der Waals surface area contributed by atoms with Gasteiger partial charge in [-0.1, -0.05) is 17.7 Å². The summed E-state index contributed by atoms with van der Waals surface area (Å²) in [4.78, 5) is 22.9. The highest BCUT2D eigenvalue weighted by Gasteiger charge is 2.20. The van der Waals surface area contributed by atoms with E-state index < -0.39 is 20.9 Å². The van der Waals surface area contributed by atoms with Gasteiger partial charge in [0, 0.05) is 23.5 Å². The van der Waals surface area contributed by atoms with Crippen molar-refractivity contribution in [3.63, 3.8) is 0 Å². The lowest BCUT2D eigenvalue weighted by Crippen LogP contribution is -2.16. The number of hydrogen-bond acceptors (Lipinski definition) is 6. The number of carbonyl (C=O) groups excluding carboxylic acids is 1. The SMILES string of the molecule is COc1ccc(NS(=O)(=O)c2cc(NC(=O)c3cc([N+](=O)[O-])ccc3Cl)ccc2C)cc1. The predicted molar refractivity (Wildman–Crippen MR) is 121 cm³/mol. The number of nitrogens with one attached hydrogen (secondary N) is 2. The molecule has 0 aliphatic carbocycles. The summed E-state index contributed by atoms with van der Waals surface area (Å²) in [6.07, 6.45) is 0. The molecule has 0 fully saturated rings. The maximum Gasteiger partial charge on any atom is 0.270 e. The second-order valence-electron chi connectivity index (χ2n) is 6.69. The lowest BCUT2D eigenvalue weighted by atomic mass is 10.1. The summed E-state index contributed by atoms with van der Waals surface area (Å²) in [5.41, 5.74) is 0.566. The molecule has 0 aliphatic heterocycles. The van der Waals surface area contributed by atoms with Gasteiger partial charge in [0.2, 0.25) is 0 Å². The Hall–Kier alpha value is -3.63. The summed E-state index contributed by atoms with van der Waals surface area (Å²) in [7, 11) is -2.47. The van der Waals surface area contributed by atoms with Crippen LogP contribution in [0.3, 0.4) is 0 Å². The fourth-order valence-electron chi connectivity index (χ4n) is 2.84. The van der Waals surface area contributed by atoms with Crippen molar-refractivity contribution in [1.82, 2.24) is 0 Å². The average Bonchev–Trinajstić information content (AvgIpc) is 2.75. The molecule has 0 heterocycles. The van der Waals surface area contributed by atoms with Gasteiger partial charge >= 0.3 is 0 Å². The topological polar surface area (TPSA) is 128 Å². The zero-order chi connectivity index (χ0) is 23.5. The number of methoxy groups -OCH3 is 1. The van der Waals surface area contributed by atoms with E-state index in [1.54, 1.807) is 31.2 Å². The highest BCUT2D eigenvalue weighted by Crippen LogP contribution is 2.26. The Labute approximate surface area is 189 Å². The summed E-state index contributed by atoms with van der Waals surface area (Å²) in [6.45, 7) is 1.62. The normalized spacial score (nSPS) is 11.0. The Morgan fingerprint density at radius 1 is 1.03 bits per heavy atom. The number of carbonyl (C=O) groups is 1. The first-order valence-corrected chi connectivity index (χ1v) is 11.0. The van der Waals surface area contributed by atoms with Crippen LogP contribution in [0.25, 0.3) is 0 Å². The number of nitro groups is 1. The molecule has 32 heavy (non-hydrogen) atoms. The maximum atomic E-state index is 12.9. The van der Waals surface area contributed by atoms with Crippen LogP contribution in [0.15, 0.2) is 65.6 Å². The van der Waals surface area contributed by atoms with E-state index in [-0.39, 0.29) is 26.9 Å². The minimum atomic E-state index is -3.97. The Bertz CT molecular complexity index is 1290. The molecule has 0 atom stereocenters. The van der Waals surface area contributed by atoms with E-state index in [1.807, 2.05) is 0 Å². The number of non-ortho nitro benzene ring substituents is 1. The fourth-order valence-corrected chi connectivity index (χ4v) is 4.37. The van der Waals surface area contributed by atoms with Gasteiger partial charge in [-0.25, -0.2) is 8.42 Å². The van der Waals surface area contributed by atoms with E-state index in [0.29, 0.717) is 17.0 Å². The van der Waals surface area contributed by atoms with Crippen molar-refractivity contribution < 1.29 is 22.9 Å². The zero-order valence-electron chi connectivity index (χ0n) is 17.0. The van der Waals surface area contributed by atoms with Gasteiger partial charge < -0.3 is 10.1 Å². The average molecular weight is 476 g/mol. The molecule has 0 unspecified atom stereocenters. The lowest BCUT2D eigenvalue weighted by Gasteiger charge is -2.13. The van der Waals surface area contributed by atoms with Crippen molar-refractivity contribution in [2.45, 2.75) is 11.8 Å². The summed E-state index contributed by atoms with van der Waals surface area (Å²) in [5, 5.41) is 13.5. The van der Waals surface area contributed by atoms with Crippen LogP contribution >= 0.6 is 11.6 Å². The number of anilines is 2. The number of halogens is 1. The molecule has 2 N–H and O–H groups in total. The first-order valence-electron chi connectivity index (χ1n) is 9.13. The minimum absolute atomic E-state index is 0.0224. The molecular weight excluding hydrogens is 458 g/mol. The molecule has 0 radical (unpaired) electrons. The molecule has 0 aliphatic rings. The monoisotopic (exact) mass is 475 g/mol. The molecule has 0 spiro atoms. The van der Waals surface area contributed by atoms with Gasteiger partial charge in [0.1, 0.15) is 5.75 Å². The van der Waals surface area contributed by atoms with Crippen molar-refractivity contribution in [3.05, 3.63) is 86.9 Å². The van der Waals surface area contributed by atoms with E-state index in [9.17, 15) is 23.3 Å². The number of aryl methyl sites for hydroxylation is 1. The van der Waals surface area contributed by atoms with E-state index >= 15 is 0 Å². The predicted octanol–water partition coefficient (Wildman–Crippen LogP) is 4.62. The van der Waals surface area contributed by atoms with Gasteiger partial charge in [-0.2, -0.15) is 0 Å². The molecule has 9 nitrogen and oxygen atoms in total. The quantitative estimate of drug-likeness (QED) is 0.379. The second kappa shape index (κ2) is 9.25. The van der Waals surface area contributed by atoms with Gasteiger partial charge in [0.15, 0.2) is 0 Å². The molecule has 0 bridgehead atoms. The van der Waals surface area contributed by atoms with Crippen LogP contribution in [0.5, 0.6) is 5.75 Å². The number of amides is 1. The van der Waals surface area contributed by atoms with Crippen molar-refractivity contribution >= 4 is 44.6 Å². The van der Waals surface area contributed by atoms with Gasteiger partial charge in [-0.15, -0.1) is 0 Å². The molecule has 166 valence electrons. The van der Waals surface area contributed by atoms with Crippen LogP contribution in [0.1, 0.15) is 15.9 Å². The van der Waals surface area contributed by atoms with E-state index in [1.165, 1.54) is 37.4 Å². The molecule has 0 saturated carbocycles. The van der Waals surface area contributed by atoms with E-state index in [2.05, 4.69) is 10.0 Å². The summed E-state index contributed by atoms with van der Waals surface area (Å²) in [6, 6.07) is 14.2. The van der Waals surface area contributed by atoms with Crippen LogP contribution in [0.2, 0.25) is 5.02 Å². The first kappa shape index (κ1) is 23.0. The molecule has 0 saturated heterocycles. The Balaban J connectivity index is 1.87.